The molecule has 0 saturated heterocycles. The van der Waals surface area contributed by atoms with Gasteiger partial charge in [0.1, 0.15) is 11.6 Å². The first kappa shape index (κ1) is 15.5. The van der Waals surface area contributed by atoms with Crippen molar-refractivity contribution in [3.63, 3.8) is 0 Å². The van der Waals surface area contributed by atoms with Crippen molar-refractivity contribution in [2.45, 2.75) is 26.7 Å². The third kappa shape index (κ3) is 3.42. The smallest absolute Gasteiger partial charge is 0.230 e. The highest BCUT2D eigenvalue weighted by atomic mass is 79.9. The molecule has 0 radical (unpaired) electrons. The minimum atomic E-state index is -0.0428. The molecule has 1 heterocycles. The zero-order chi connectivity index (χ0) is 15.6. The van der Waals surface area contributed by atoms with Crippen LogP contribution in [0.2, 0.25) is 0 Å². The van der Waals surface area contributed by atoms with E-state index in [0.717, 1.165) is 21.3 Å². The molecule has 110 valence electrons. The van der Waals surface area contributed by atoms with Gasteiger partial charge in [-0.25, -0.2) is 4.98 Å². The Morgan fingerprint density at radius 1 is 1.33 bits per heavy atom. The van der Waals surface area contributed by atoms with Crippen LogP contribution in [0.5, 0.6) is 11.6 Å². The summed E-state index contributed by atoms with van der Waals surface area (Å²) in [6.45, 7) is 6.09. The summed E-state index contributed by atoms with van der Waals surface area (Å²) in [5.41, 5.74) is 8.13. The van der Waals surface area contributed by atoms with E-state index in [4.69, 9.17) is 15.9 Å². The number of hydrogen-bond donors (Lipinski definition) is 2. The summed E-state index contributed by atoms with van der Waals surface area (Å²) in [5, 5.41) is 7.71. The Labute approximate surface area is 133 Å². The number of nitrogen functional groups attached to an aromatic ring is 1. The van der Waals surface area contributed by atoms with E-state index < -0.39 is 0 Å². The first-order valence-corrected chi connectivity index (χ1v) is 7.46. The van der Waals surface area contributed by atoms with Crippen LogP contribution in [-0.2, 0) is 0 Å². The van der Waals surface area contributed by atoms with Gasteiger partial charge in [0.2, 0.25) is 5.88 Å². The van der Waals surface area contributed by atoms with Crippen molar-refractivity contribution in [2.75, 3.05) is 0 Å². The van der Waals surface area contributed by atoms with Gasteiger partial charge in [-0.15, -0.1) is 0 Å². The first-order chi connectivity index (χ1) is 9.90. The second-order valence-electron chi connectivity index (χ2n) is 5.16. The average molecular weight is 348 g/mol. The third-order valence-electron chi connectivity index (χ3n) is 3.19. The van der Waals surface area contributed by atoms with Crippen molar-refractivity contribution >= 4 is 21.8 Å². The van der Waals surface area contributed by atoms with Crippen LogP contribution in [0, 0.1) is 12.3 Å². The van der Waals surface area contributed by atoms with Crippen molar-refractivity contribution < 1.29 is 4.74 Å². The predicted octanol–water partition coefficient (Wildman–Crippen LogP) is 4.35. The van der Waals surface area contributed by atoms with Crippen LogP contribution in [0.4, 0.5) is 0 Å². The van der Waals surface area contributed by atoms with Crippen LogP contribution < -0.4 is 10.5 Å². The van der Waals surface area contributed by atoms with Crippen molar-refractivity contribution in [2.24, 2.45) is 5.73 Å². The van der Waals surface area contributed by atoms with Crippen LogP contribution >= 0.6 is 15.9 Å². The van der Waals surface area contributed by atoms with Gasteiger partial charge in [-0.3, -0.25) is 5.41 Å². The van der Waals surface area contributed by atoms with Gasteiger partial charge in [0.25, 0.3) is 0 Å². The standard InChI is InChI=1S/C16H18BrN3O/c1-9(2)12-8-11(17)4-5-13(12)21-16-14(15(18)19)10(3)6-7-20-16/h4-9H,1-3H3,(H3,18,19). The number of benzene rings is 1. The summed E-state index contributed by atoms with van der Waals surface area (Å²) < 4.78 is 6.95. The molecule has 0 bridgehead atoms. The van der Waals surface area contributed by atoms with Gasteiger partial charge in [0, 0.05) is 10.7 Å². The Kier molecular flexibility index (Phi) is 4.63. The van der Waals surface area contributed by atoms with E-state index in [2.05, 4.69) is 34.8 Å². The number of halogens is 1. The molecule has 5 heteroatoms. The molecule has 4 nitrogen and oxygen atoms in total. The lowest BCUT2D eigenvalue weighted by Crippen LogP contribution is -2.15. The molecular formula is C16H18BrN3O. The molecule has 0 aliphatic heterocycles. The van der Waals surface area contributed by atoms with E-state index in [1.807, 2.05) is 31.2 Å². The third-order valence-corrected chi connectivity index (χ3v) is 3.69. The van der Waals surface area contributed by atoms with E-state index in [1.165, 1.54) is 0 Å². The lowest BCUT2D eigenvalue weighted by molar-refractivity contribution is 0.452. The average Bonchev–Trinajstić information content (AvgIpc) is 2.40. The Morgan fingerprint density at radius 3 is 2.67 bits per heavy atom. The first-order valence-electron chi connectivity index (χ1n) is 6.67. The van der Waals surface area contributed by atoms with Crippen LogP contribution in [0.15, 0.2) is 34.9 Å². The SMILES string of the molecule is Cc1ccnc(Oc2ccc(Br)cc2C(C)C)c1C(=N)N. The minimum Gasteiger partial charge on any atom is -0.438 e. The summed E-state index contributed by atoms with van der Waals surface area (Å²) in [6, 6.07) is 7.66. The molecule has 2 aromatic rings. The van der Waals surface area contributed by atoms with Gasteiger partial charge < -0.3 is 10.5 Å². The topological polar surface area (TPSA) is 72.0 Å². The Morgan fingerprint density at radius 2 is 2.05 bits per heavy atom. The van der Waals surface area contributed by atoms with Crippen molar-refractivity contribution in [1.82, 2.24) is 4.98 Å². The molecule has 0 aliphatic carbocycles. The molecule has 1 aromatic carbocycles. The maximum atomic E-state index is 7.71. The van der Waals surface area contributed by atoms with Gasteiger partial charge >= 0.3 is 0 Å². The second kappa shape index (κ2) is 6.26. The fraction of sp³-hybridized carbons (Fsp3) is 0.250. The minimum absolute atomic E-state index is 0.0428. The summed E-state index contributed by atoms with van der Waals surface area (Å²) in [6.07, 6.45) is 1.66. The lowest BCUT2D eigenvalue weighted by atomic mass is 10.0. The van der Waals surface area contributed by atoms with Gasteiger partial charge in [-0.05, 0) is 48.2 Å². The molecule has 0 unspecified atom stereocenters. The van der Waals surface area contributed by atoms with Gasteiger partial charge in [-0.1, -0.05) is 29.8 Å². The summed E-state index contributed by atoms with van der Waals surface area (Å²) in [7, 11) is 0. The number of amidine groups is 1. The molecule has 3 N–H and O–H groups in total. The molecule has 21 heavy (non-hydrogen) atoms. The summed E-state index contributed by atoms with van der Waals surface area (Å²) >= 11 is 3.47. The highest BCUT2D eigenvalue weighted by molar-refractivity contribution is 9.10. The quantitative estimate of drug-likeness (QED) is 0.637. The number of hydrogen-bond acceptors (Lipinski definition) is 3. The largest absolute Gasteiger partial charge is 0.438 e. The number of ether oxygens (including phenoxy) is 1. The number of nitrogens with one attached hydrogen (secondary N) is 1. The lowest BCUT2D eigenvalue weighted by Gasteiger charge is -2.16. The molecule has 0 amide bonds. The van der Waals surface area contributed by atoms with Gasteiger partial charge in [0.05, 0.1) is 5.56 Å². The number of nitrogens with two attached hydrogens (primary N) is 1. The Hall–Kier alpha value is -1.88. The predicted molar refractivity (Wildman–Crippen MR) is 88.3 cm³/mol. The molecule has 1 aromatic heterocycles. The summed E-state index contributed by atoms with van der Waals surface area (Å²) in [4.78, 5) is 4.22. The van der Waals surface area contributed by atoms with E-state index in [9.17, 15) is 0 Å². The molecule has 0 aliphatic rings. The molecular weight excluding hydrogens is 330 g/mol. The van der Waals surface area contributed by atoms with E-state index >= 15 is 0 Å². The second-order valence-corrected chi connectivity index (χ2v) is 6.08. The van der Waals surface area contributed by atoms with Crippen LogP contribution in [0.25, 0.3) is 0 Å². The fourth-order valence-corrected chi connectivity index (χ4v) is 2.48. The van der Waals surface area contributed by atoms with E-state index in [-0.39, 0.29) is 5.84 Å². The maximum absolute atomic E-state index is 7.71. The molecule has 0 spiro atoms. The number of aromatic nitrogens is 1. The van der Waals surface area contributed by atoms with Crippen molar-refractivity contribution in [3.8, 4) is 11.6 Å². The highest BCUT2D eigenvalue weighted by Crippen LogP contribution is 2.33. The number of aryl methyl sites for hydroxylation is 1. The zero-order valence-corrected chi connectivity index (χ0v) is 13.9. The van der Waals surface area contributed by atoms with Crippen LogP contribution in [-0.4, -0.2) is 10.8 Å². The number of pyridine rings is 1. The highest BCUT2D eigenvalue weighted by Gasteiger charge is 2.15. The van der Waals surface area contributed by atoms with Crippen molar-refractivity contribution in [1.29, 1.82) is 5.41 Å². The van der Waals surface area contributed by atoms with Crippen molar-refractivity contribution in [3.05, 3.63) is 51.6 Å². The number of nitrogens with zero attached hydrogens (tertiary/aromatic N) is 1. The Balaban J connectivity index is 2.49. The summed E-state index contributed by atoms with van der Waals surface area (Å²) in [5.74, 6) is 1.36. The monoisotopic (exact) mass is 347 g/mol. The van der Waals surface area contributed by atoms with Gasteiger partial charge in [-0.2, -0.15) is 0 Å². The molecule has 0 fully saturated rings. The van der Waals surface area contributed by atoms with E-state index in [0.29, 0.717) is 17.4 Å². The Bertz CT molecular complexity index is 683. The van der Waals surface area contributed by atoms with Crippen LogP contribution in [0.1, 0.15) is 36.5 Å². The number of rotatable bonds is 4. The zero-order valence-electron chi connectivity index (χ0n) is 12.3. The molecule has 0 saturated carbocycles. The molecule has 2 rings (SSSR count). The molecule has 0 atom stereocenters. The van der Waals surface area contributed by atoms with E-state index in [1.54, 1.807) is 6.20 Å². The fourth-order valence-electron chi connectivity index (χ4n) is 2.11. The maximum Gasteiger partial charge on any atom is 0.230 e. The normalized spacial score (nSPS) is 10.7. The van der Waals surface area contributed by atoms with Gasteiger partial charge in [0.15, 0.2) is 0 Å². The van der Waals surface area contributed by atoms with Crippen LogP contribution in [0.3, 0.4) is 0 Å².